The summed E-state index contributed by atoms with van der Waals surface area (Å²) in [6.07, 6.45) is 10.5. The predicted octanol–water partition coefficient (Wildman–Crippen LogP) is -0.768. The number of hydrogen-bond acceptors (Lipinski definition) is 0. The van der Waals surface area contributed by atoms with Gasteiger partial charge in [-0.15, -0.1) is 0 Å². The fourth-order valence-corrected chi connectivity index (χ4v) is 6.94. The zero-order valence-electron chi connectivity index (χ0n) is 12.3. The molecule has 0 amide bonds. The average Bonchev–Trinajstić information content (AvgIpc) is 3.08. The first-order valence-corrected chi connectivity index (χ1v) is 9.80. The van der Waals surface area contributed by atoms with Crippen molar-refractivity contribution in [2.24, 2.45) is 0 Å². The quantitative estimate of drug-likeness (QED) is 0.615. The summed E-state index contributed by atoms with van der Waals surface area (Å²) in [4.78, 5) is 0. The third-order valence-electron chi connectivity index (χ3n) is 4.24. The van der Waals surface area contributed by atoms with Crippen molar-refractivity contribution in [3.8, 4) is 0 Å². The van der Waals surface area contributed by atoms with Crippen molar-refractivity contribution in [1.82, 2.24) is 0 Å². The van der Waals surface area contributed by atoms with Crippen LogP contribution in [0.4, 0.5) is 0 Å². The Kier molecular flexibility index (Phi) is 5.89. The van der Waals surface area contributed by atoms with E-state index in [9.17, 15) is 0 Å². The second kappa shape index (κ2) is 7.30. The largest absolute Gasteiger partial charge is 1.00 e. The van der Waals surface area contributed by atoms with Crippen LogP contribution in [0.2, 0.25) is 0 Å². The number of fused-ring (bicyclic) bond motifs is 3. The Balaban J connectivity index is 0.000000882. The van der Waals surface area contributed by atoms with E-state index in [4.69, 9.17) is 0 Å². The Hall–Kier alpha value is -0.617. The molecule has 0 aliphatic heterocycles. The summed E-state index contributed by atoms with van der Waals surface area (Å²) in [5.74, 6) is 0. The average molecular weight is 406 g/mol. The maximum atomic E-state index is 2.44. The van der Waals surface area contributed by atoms with E-state index in [2.05, 4.69) is 67.6 Å². The van der Waals surface area contributed by atoms with Crippen molar-refractivity contribution >= 4 is 16.8 Å². The van der Waals surface area contributed by atoms with Gasteiger partial charge in [0.1, 0.15) is 0 Å². The van der Waals surface area contributed by atoms with Gasteiger partial charge in [-0.1, -0.05) is 0 Å². The molecular formula is C19H16Cl2Zr. The molecule has 2 aliphatic rings. The van der Waals surface area contributed by atoms with Crippen LogP contribution in [0, 0.1) is 0 Å². The number of hydrogen-bond donors (Lipinski definition) is 0. The maximum Gasteiger partial charge on any atom is -1.00 e. The van der Waals surface area contributed by atoms with E-state index in [1.54, 1.807) is 14.4 Å². The van der Waals surface area contributed by atoms with Crippen LogP contribution in [0.3, 0.4) is 0 Å². The monoisotopic (exact) mass is 404 g/mol. The molecule has 1 atom stereocenters. The van der Waals surface area contributed by atoms with E-state index in [0.29, 0.717) is 0 Å². The minimum Gasteiger partial charge on any atom is -1.00 e. The molecule has 2 aromatic carbocycles. The molecule has 4 rings (SSSR count). The fraction of sp³-hybridized carbons (Fsp3) is 0.158. The molecule has 0 saturated carbocycles. The molecule has 0 spiro atoms. The van der Waals surface area contributed by atoms with Crippen LogP contribution in [-0.2, 0) is 23.2 Å². The second-order valence-electron chi connectivity index (χ2n) is 5.58. The zero-order chi connectivity index (χ0) is 13.5. The smallest absolute Gasteiger partial charge is 1.00 e. The first kappa shape index (κ1) is 17.7. The normalized spacial score (nSPS) is 18.0. The molecular weight excluding hydrogens is 390 g/mol. The number of rotatable bonds is 2. The van der Waals surface area contributed by atoms with Crippen molar-refractivity contribution in [3.05, 3.63) is 74.6 Å². The molecule has 0 aromatic heterocycles. The molecule has 0 N–H and O–H groups in total. The molecule has 0 saturated heterocycles. The van der Waals surface area contributed by atoms with E-state index in [1.807, 2.05) is 0 Å². The van der Waals surface area contributed by atoms with Gasteiger partial charge in [-0.2, -0.15) is 0 Å². The van der Waals surface area contributed by atoms with Gasteiger partial charge in [0.15, 0.2) is 0 Å². The van der Waals surface area contributed by atoms with Crippen LogP contribution in [0.15, 0.2) is 63.5 Å². The summed E-state index contributed by atoms with van der Waals surface area (Å²) >= 11 is -0.540. The van der Waals surface area contributed by atoms with Crippen molar-refractivity contribution in [1.29, 1.82) is 0 Å². The predicted molar refractivity (Wildman–Crippen MR) is 82.2 cm³/mol. The number of benzene rings is 2. The van der Waals surface area contributed by atoms with E-state index in [0.717, 1.165) is 3.63 Å². The Labute approximate surface area is 155 Å². The molecule has 3 heteroatoms. The van der Waals surface area contributed by atoms with Gasteiger partial charge in [-0.25, -0.2) is 0 Å². The molecule has 0 heterocycles. The van der Waals surface area contributed by atoms with Crippen LogP contribution in [0.5, 0.6) is 0 Å². The molecule has 1 unspecified atom stereocenters. The third-order valence-corrected chi connectivity index (χ3v) is 8.66. The van der Waals surface area contributed by atoms with Crippen molar-refractivity contribution in [2.45, 2.75) is 17.0 Å². The first-order valence-electron chi connectivity index (χ1n) is 7.15. The second-order valence-corrected chi connectivity index (χ2v) is 9.29. The standard InChI is InChI=1S/C14H11.C5H5.2ClH.Zr/c1-10-8-12-7-6-11-4-2-3-5-13(11)14(12)9-10;1-2-4-5-3-1;;;/h2-9H,1H3;1-3H,4H2;2*1H;/q;;;;+2/p-2. The minimum absolute atomic E-state index is 0. The molecule has 0 bridgehead atoms. The Bertz CT molecular complexity index is 787. The molecule has 2 aliphatic carbocycles. The molecule has 0 radical (unpaired) electrons. The van der Waals surface area contributed by atoms with Gasteiger partial charge in [-0.05, 0) is 0 Å². The van der Waals surface area contributed by atoms with Crippen LogP contribution < -0.4 is 24.8 Å². The summed E-state index contributed by atoms with van der Waals surface area (Å²) in [5, 5.41) is 2.79. The van der Waals surface area contributed by atoms with Crippen molar-refractivity contribution < 1.29 is 48.0 Å². The van der Waals surface area contributed by atoms with E-state index in [1.165, 1.54) is 22.8 Å². The van der Waals surface area contributed by atoms with Crippen LogP contribution in [0.1, 0.15) is 28.1 Å². The summed E-state index contributed by atoms with van der Waals surface area (Å²) in [6.45, 7) is 2.32. The van der Waals surface area contributed by atoms with Gasteiger partial charge in [0, 0.05) is 0 Å². The van der Waals surface area contributed by atoms with Gasteiger partial charge in [0.25, 0.3) is 0 Å². The van der Waals surface area contributed by atoms with E-state index >= 15 is 0 Å². The summed E-state index contributed by atoms with van der Waals surface area (Å²) in [5.41, 5.74) is 4.65. The molecule has 2 aromatic rings. The van der Waals surface area contributed by atoms with Gasteiger partial charge < -0.3 is 24.8 Å². The fourth-order valence-electron chi connectivity index (χ4n) is 3.21. The summed E-state index contributed by atoms with van der Waals surface area (Å²) in [6, 6.07) is 13.4. The first-order chi connectivity index (χ1) is 9.83. The van der Waals surface area contributed by atoms with Gasteiger partial charge >= 0.3 is 132 Å². The number of allylic oxidation sites excluding steroid dienone is 5. The Morgan fingerprint density at radius 2 is 1.86 bits per heavy atom. The van der Waals surface area contributed by atoms with Gasteiger partial charge in [0.2, 0.25) is 0 Å². The zero-order valence-corrected chi connectivity index (χ0v) is 16.3. The Morgan fingerprint density at radius 1 is 1.05 bits per heavy atom. The molecule has 110 valence electrons. The minimum atomic E-state index is -0.540. The molecule has 0 nitrogen and oxygen atoms in total. The number of halogens is 2. The molecule has 0 fully saturated rings. The van der Waals surface area contributed by atoms with Gasteiger partial charge in [-0.3, -0.25) is 0 Å². The molecule has 22 heavy (non-hydrogen) atoms. The van der Waals surface area contributed by atoms with Crippen LogP contribution >= 0.6 is 0 Å². The third kappa shape index (κ3) is 3.04. The summed E-state index contributed by atoms with van der Waals surface area (Å²) < 4.78 is 2.47. The SMILES string of the molecule is CC1=Cc2c(ccc3ccccc23)[CH]1[Zr+2][C]1=CC=CC1.[Cl-].[Cl-]. The maximum absolute atomic E-state index is 2.44. The Morgan fingerprint density at radius 3 is 2.64 bits per heavy atom. The van der Waals surface area contributed by atoms with Crippen LogP contribution in [0.25, 0.3) is 16.8 Å². The van der Waals surface area contributed by atoms with E-state index in [-0.39, 0.29) is 24.8 Å². The van der Waals surface area contributed by atoms with Crippen molar-refractivity contribution in [2.75, 3.05) is 0 Å². The van der Waals surface area contributed by atoms with Crippen LogP contribution in [-0.4, -0.2) is 0 Å². The topological polar surface area (TPSA) is 0 Å². The van der Waals surface area contributed by atoms with E-state index < -0.39 is 23.2 Å². The van der Waals surface area contributed by atoms with Gasteiger partial charge in [0.05, 0.1) is 0 Å². The van der Waals surface area contributed by atoms with Crippen molar-refractivity contribution in [3.63, 3.8) is 0 Å². The summed E-state index contributed by atoms with van der Waals surface area (Å²) in [7, 11) is 0.